The molecule has 0 radical (unpaired) electrons. The average molecular weight is 230 g/mol. The first-order valence-corrected chi connectivity index (χ1v) is 6.59. The van der Waals surface area contributed by atoms with E-state index in [-0.39, 0.29) is 0 Å². The van der Waals surface area contributed by atoms with Crippen LogP contribution in [0.4, 0.5) is 0 Å². The second-order valence-corrected chi connectivity index (χ2v) is 5.81. The van der Waals surface area contributed by atoms with Gasteiger partial charge in [0, 0.05) is 5.41 Å². The van der Waals surface area contributed by atoms with E-state index >= 15 is 0 Å². The Balaban J connectivity index is 2.48. The van der Waals surface area contributed by atoms with Crippen LogP contribution in [0.5, 0.6) is 0 Å². The molecule has 1 heterocycles. The Hall–Kier alpha value is -1.61. The lowest BCUT2D eigenvalue weighted by Gasteiger charge is -2.03. The van der Waals surface area contributed by atoms with Crippen molar-refractivity contribution >= 4 is 26.2 Å². The van der Waals surface area contributed by atoms with E-state index in [0.717, 1.165) is 21.9 Å². The predicted molar refractivity (Wildman–Crippen MR) is 64.8 cm³/mol. The van der Waals surface area contributed by atoms with Crippen molar-refractivity contribution in [2.75, 3.05) is 0 Å². The lowest BCUT2D eigenvalue weighted by Crippen LogP contribution is -1.93. The number of benzene rings is 2. The van der Waals surface area contributed by atoms with E-state index in [9.17, 15) is 8.42 Å². The van der Waals surface area contributed by atoms with Gasteiger partial charge in [0.15, 0.2) is 0 Å². The predicted octanol–water partition coefficient (Wildman–Crippen LogP) is 2.99. The lowest BCUT2D eigenvalue weighted by molar-refractivity contribution is 0.605. The van der Waals surface area contributed by atoms with Crippen LogP contribution in [0.25, 0.3) is 16.3 Å². The fourth-order valence-electron chi connectivity index (χ4n) is 2.12. The Kier molecular flexibility index (Phi) is 1.77. The van der Waals surface area contributed by atoms with E-state index < -0.39 is 9.84 Å². The summed E-state index contributed by atoms with van der Waals surface area (Å²) in [6, 6.07) is 11.5. The van der Waals surface area contributed by atoms with Crippen molar-refractivity contribution in [1.29, 1.82) is 0 Å². The zero-order valence-electron chi connectivity index (χ0n) is 8.77. The van der Waals surface area contributed by atoms with Crippen LogP contribution in [-0.2, 0) is 9.84 Å². The first-order chi connectivity index (χ1) is 7.58. The van der Waals surface area contributed by atoms with Gasteiger partial charge in [0.05, 0.1) is 4.90 Å². The maximum absolute atomic E-state index is 11.8. The highest BCUT2D eigenvalue weighted by atomic mass is 32.2. The van der Waals surface area contributed by atoms with Gasteiger partial charge in [-0.1, -0.05) is 24.3 Å². The molecule has 1 aliphatic rings. The summed E-state index contributed by atoms with van der Waals surface area (Å²) in [5.41, 5.74) is 1.65. The summed E-state index contributed by atoms with van der Waals surface area (Å²) in [5, 5.41) is 3.38. The van der Waals surface area contributed by atoms with Crippen molar-refractivity contribution in [1.82, 2.24) is 0 Å². The third-order valence-electron chi connectivity index (χ3n) is 2.91. The normalized spacial score (nSPS) is 17.2. The second-order valence-electron chi connectivity index (χ2n) is 4.04. The summed E-state index contributed by atoms with van der Waals surface area (Å²) in [7, 11) is -3.21. The number of rotatable bonds is 0. The summed E-state index contributed by atoms with van der Waals surface area (Å²) in [6.45, 7) is 1.83. The van der Waals surface area contributed by atoms with Crippen LogP contribution in [0.15, 0.2) is 46.7 Å². The zero-order valence-corrected chi connectivity index (χ0v) is 9.58. The van der Waals surface area contributed by atoms with E-state index in [1.807, 2.05) is 37.3 Å². The fourth-order valence-corrected chi connectivity index (χ4v) is 3.66. The van der Waals surface area contributed by atoms with Gasteiger partial charge in [0.2, 0.25) is 9.84 Å². The van der Waals surface area contributed by atoms with Crippen molar-refractivity contribution < 1.29 is 8.42 Å². The molecule has 0 fully saturated rings. The quantitative estimate of drug-likeness (QED) is 0.697. The Morgan fingerprint density at radius 2 is 1.62 bits per heavy atom. The van der Waals surface area contributed by atoms with Gasteiger partial charge in [-0.3, -0.25) is 0 Å². The molecular weight excluding hydrogens is 220 g/mol. The third kappa shape index (κ3) is 1.21. The SMILES string of the molecule is CC1=CS(=O)(=O)c2cc3ccccc3cc21. The summed E-state index contributed by atoms with van der Waals surface area (Å²) < 4.78 is 23.7. The molecule has 0 aromatic heterocycles. The van der Waals surface area contributed by atoms with Gasteiger partial charge in [-0.15, -0.1) is 0 Å². The summed E-state index contributed by atoms with van der Waals surface area (Å²) in [4.78, 5) is 0.434. The maximum Gasteiger partial charge on any atom is 0.200 e. The van der Waals surface area contributed by atoms with Gasteiger partial charge >= 0.3 is 0 Å². The number of hydrogen-bond acceptors (Lipinski definition) is 2. The Morgan fingerprint density at radius 3 is 2.31 bits per heavy atom. The highest BCUT2D eigenvalue weighted by Gasteiger charge is 2.24. The highest BCUT2D eigenvalue weighted by molar-refractivity contribution is 7.95. The fraction of sp³-hybridized carbons (Fsp3) is 0.0769. The smallest absolute Gasteiger partial charge is 0.200 e. The van der Waals surface area contributed by atoms with Crippen LogP contribution in [0, 0.1) is 0 Å². The van der Waals surface area contributed by atoms with Crippen LogP contribution in [0.1, 0.15) is 12.5 Å². The minimum absolute atomic E-state index is 0.434. The second kappa shape index (κ2) is 2.95. The molecule has 0 bridgehead atoms. The average Bonchev–Trinajstić information content (AvgIpc) is 2.47. The minimum atomic E-state index is -3.21. The van der Waals surface area contributed by atoms with Crippen LogP contribution in [0.3, 0.4) is 0 Å². The molecule has 0 atom stereocenters. The summed E-state index contributed by atoms with van der Waals surface area (Å²) >= 11 is 0. The standard InChI is InChI=1S/C13H10O2S/c1-9-8-16(14,15)13-7-11-5-3-2-4-10(11)6-12(9)13/h2-8H,1H3. The Bertz CT molecular complexity index is 725. The van der Waals surface area contributed by atoms with Gasteiger partial charge in [0.25, 0.3) is 0 Å². The first-order valence-electron chi connectivity index (χ1n) is 5.04. The molecule has 0 amide bonds. The Labute approximate surface area is 94.1 Å². The third-order valence-corrected chi connectivity index (χ3v) is 4.53. The lowest BCUT2D eigenvalue weighted by atomic mass is 10.0. The molecule has 0 spiro atoms. The molecule has 3 heteroatoms. The Morgan fingerprint density at radius 1 is 1.00 bits per heavy atom. The zero-order chi connectivity index (χ0) is 11.3. The molecule has 0 saturated carbocycles. The minimum Gasteiger partial charge on any atom is -0.219 e. The van der Waals surface area contributed by atoms with Crippen LogP contribution in [-0.4, -0.2) is 8.42 Å². The highest BCUT2D eigenvalue weighted by Crippen LogP contribution is 2.35. The van der Waals surface area contributed by atoms with Crippen LogP contribution >= 0.6 is 0 Å². The largest absolute Gasteiger partial charge is 0.219 e. The summed E-state index contributed by atoms with van der Waals surface area (Å²) in [5.74, 6) is 0. The maximum atomic E-state index is 11.8. The van der Waals surface area contributed by atoms with E-state index in [4.69, 9.17) is 0 Å². The molecule has 2 nitrogen and oxygen atoms in total. The molecule has 2 aromatic carbocycles. The van der Waals surface area contributed by atoms with E-state index in [1.165, 1.54) is 5.41 Å². The van der Waals surface area contributed by atoms with E-state index in [1.54, 1.807) is 6.07 Å². The molecule has 80 valence electrons. The van der Waals surface area contributed by atoms with Crippen molar-refractivity contribution in [2.24, 2.45) is 0 Å². The van der Waals surface area contributed by atoms with Gasteiger partial charge in [-0.2, -0.15) is 0 Å². The number of hydrogen-bond donors (Lipinski definition) is 0. The number of sulfone groups is 1. The van der Waals surface area contributed by atoms with Crippen molar-refractivity contribution in [3.05, 3.63) is 47.4 Å². The molecule has 16 heavy (non-hydrogen) atoms. The number of fused-ring (bicyclic) bond motifs is 2. The van der Waals surface area contributed by atoms with Crippen LogP contribution < -0.4 is 0 Å². The summed E-state index contributed by atoms with van der Waals surface area (Å²) in [6.07, 6.45) is 0. The monoisotopic (exact) mass is 230 g/mol. The molecule has 0 aliphatic carbocycles. The topological polar surface area (TPSA) is 34.1 Å². The van der Waals surface area contributed by atoms with Crippen LogP contribution in [0.2, 0.25) is 0 Å². The molecule has 0 saturated heterocycles. The van der Waals surface area contributed by atoms with Crippen molar-refractivity contribution in [3.63, 3.8) is 0 Å². The van der Waals surface area contributed by atoms with Gasteiger partial charge in [0.1, 0.15) is 0 Å². The van der Waals surface area contributed by atoms with Crippen molar-refractivity contribution in [2.45, 2.75) is 11.8 Å². The molecule has 0 unspecified atom stereocenters. The van der Waals surface area contributed by atoms with Crippen molar-refractivity contribution in [3.8, 4) is 0 Å². The molecule has 1 aliphatic heterocycles. The molecule has 0 N–H and O–H groups in total. The van der Waals surface area contributed by atoms with Gasteiger partial charge < -0.3 is 0 Å². The molecular formula is C13H10O2S. The van der Waals surface area contributed by atoms with E-state index in [2.05, 4.69) is 0 Å². The number of allylic oxidation sites excluding steroid dienone is 1. The molecule has 2 aromatic rings. The molecule has 3 rings (SSSR count). The van der Waals surface area contributed by atoms with Gasteiger partial charge in [-0.05, 0) is 41.0 Å². The van der Waals surface area contributed by atoms with E-state index in [0.29, 0.717) is 4.90 Å². The first kappa shape index (κ1) is 9.60. The van der Waals surface area contributed by atoms with Gasteiger partial charge in [-0.25, -0.2) is 8.42 Å².